The maximum absolute atomic E-state index is 10.6. The van der Waals surface area contributed by atoms with E-state index in [4.69, 9.17) is 9.84 Å². The van der Waals surface area contributed by atoms with E-state index in [0.717, 1.165) is 0 Å². The second-order valence-electron chi connectivity index (χ2n) is 2.64. The van der Waals surface area contributed by atoms with Crippen LogP contribution in [-0.4, -0.2) is 26.5 Å². The lowest BCUT2D eigenvalue weighted by atomic mass is 10.2. The van der Waals surface area contributed by atoms with E-state index >= 15 is 0 Å². The van der Waals surface area contributed by atoms with Crippen molar-refractivity contribution in [2.75, 3.05) is 4.90 Å². The van der Waals surface area contributed by atoms with Crippen molar-refractivity contribution in [2.45, 2.75) is 6.23 Å². The maximum atomic E-state index is 10.6. The topological polar surface area (TPSA) is 91.3 Å². The van der Waals surface area contributed by atoms with Crippen LogP contribution in [0.5, 0.6) is 0 Å². The minimum Gasteiger partial charge on any atom is -0.476 e. The molecule has 1 aromatic rings. The molecule has 2 aliphatic heterocycles. The van der Waals surface area contributed by atoms with Crippen LogP contribution in [0.2, 0.25) is 0 Å². The van der Waals surface area contributed by atoms with Gasteiger partial charge in [-0.15, -0.1) is 5.10 Å². The van der Waals surface area contributed by atoms with Crippen LogP contribution in [0.4, 0.5) is 5.82 Å². The Balaban J connectivity index is 2.06. The monoisotopic (exact) mass is 179 g/mol. The Kier molecular flexibility index (Phi) is 0.903. The molecule has 1 atom stereocenters. The average Bonchev–Trinajstić information content (AvgIpc) is 2.58. The predicted octanol–water partition coefficient (Wildman–Crippen LogP) is -0.617. The fourth-order valence-electron chi connectivity index (χ4n) is 1.39. The summed E-state index contributed by atoms with van der Waals surface area (Å²) >= 11 is 0. The molecule has 0 amide bonds. The first-order valence-electron chi connectivity index (χ1n) is 3.51. The fourth-order valence-corrected chi connectivity index (χ4v) is 1.39. The lowest BCUT2D eigenvalue weighted by molar-refractivity contribution is -0.132. The largest absolute Gasteiger partial charge is 0.476 e. The highest BCUT2D eigenvalue weighted by molar-refractivity contribution is 5.92. The molecule has 1 unspecified atom stereocenters. The van der Waals surface area contributed by atoms with Gasteiger partial charge in [0.15, 0.2) is 23.5 Å². The molecule has 0 saturated heterocycles. The van der Waals surface area contributed by atoms with E-state index in [1.807, 2.05) is 0 Å². The summed E-state index contributed by atoms with van der Waals surface area (Å²) in [5.74, 6) is -0.518. The number of nitrogens with zero attached hydrogens (tertiary/aromatic N) is 3. The van der Waals surface area contributed by atoms with Gasteiger partial charge in [0.1, 0.15) is 0 Å². The zero-order valence-corrected chi connectivity index (χ0v) is 6.18. The van der Waals surface area contributed by atoms with Gasteiger partial charge >= 0.3 is 5.97 Å². The Labute approximate surface area is 71.6 Å². The maximum Gasteiger partial charge on any atom is 0.356 e. The Hall–Kier alpha value is -2.05. The van der Waals surface area contributed by atoms with Crippen molar-refractivity contribution >= 4 is 11.8 Å². The van der Waals surface area contributed by atoms with Gasteiger partial charge in [0, 0.05) is 0 Å². The number of aromatic nitrogens is 3. The van der Waals surface area contributed by atoms with Crippen LogP contribution in [0.15, 0.2) is 5.70 Å². The van der Waals surface area contributed by atoms with Crippen LogP contribution < -0.4 is 4.90 Å². The molecule has 0 bridgehead atoms. The van der Waals surface area contributed by atoms with Crippen LogP contribution in [0.3, 0.4) is 0 Å². The number of fused-ring (bicyclic) bond motifs is 4. The summed E-state index contributed by atoms with van der Waals surface area (Å²) in [6, 6.07) is 0. The highest BCUT2D eigenvalue weighted by Crippen LogP contribution is 2.46. The van der Waals surface area contributed by atoms with Crippen LogP contribution in [0, 0.1) is 6.26 Å². The molecular weight excluding hydrogens is 176 g/mol. The van der Waals surface area contributed by atoms with Gasteiger partial charge in [-0.25, -0.2) is 9.89 Å². The third-order valence-corrected chi connectivity index (χ3v) is 1.98. The van der Waals surface area contributed by atoms with Crippen molar-refractivity contribution in [2.24, 2.45) is 0 Å². The summed E-state index contributed by atoms with van der Waals surface area (Å²) in [5.41, 5.74) is 0.590. The molecule has 13 heavy (non-hydrogen) atoms. The van der Waals surface area contributed by atoms with E-state index in [1.165, 1.54) is 4.90 Å². The van der Waals surface area contributed by atoms with Crippen molar-refractivity contribution in [3.8, 4) is 0 Å². The van der Waals surface area contributed by atoms with Gasteiger partial charge in [0.05, 0.1) is 0 Å². The molecular formula is C6H3N4O3. The SMILES string of the molecule is O=C(O)C1=[C]OC2c3nn[nH]c3N12. The Bertz CT molecular complexity index is 423. The van der Waals surface area contributed by atoms with Crippen molar-refractivity contribution in [1.29, 1.82) is 0 Å². The van der Waals surface area contributed by atoms with Gasteiger partial charge in [0.25, 0.3) is 0 Å². The van der Waals surface area contributed by atoms with Crippen LogP contribution in [0.25, 0.3) is 0 Å². The normalized spacial score (nSPS) is 22.6. The zero-order valence-electron chi connectivity index (χ0n) is 6.18. The number of carboxylic acids is 1. The Morgan fingerprint density at radius 2 is 2.62 bits per heavy atom. The standard InChI is InChI=1S/C6H3N4O3/c11-6(12)2-1-13-5-3-4(10(2)5)8-9-7-3/h5H,(H,11,12)(H,7,8,9). The fraction of sp³-hybridized carbons (Fsp3) is 0.167. The minimum absolute atomic E-state index is 0.0245. The summed E-state index contributed by atoms with van der Waals surface area (Å²) in [6.45, 7) is 0. The number of carbonyl (C=O) groups is 1. The van der Waals surface area contributed by atoms with E-state index in [0.29, 0.717) is 11.5 Å². The molecule has 7 nitrogen and oxygen atoms in total. The average molecular weight is 179 g/mol. The molecule has 0 spiro atoms. The van der Waals surface area contributed by atoms with Gasteiger partial charge in [0.2, 0.25) is 6.23 Å². The number of hydrogen-bond donors (Lipinski definition) is 2. The second-order valence-corrected chi connectivity index (χ2v) is 2.64. The number of hydrogen-bond acceptors (Lipinski definition) is 5. The molecule has 3 rings (SSSR count). The number of ether oxygens (including phenoxy) is 1. The van der Waals surface area contributed by atoms with E-state index in [9.17, 15) is 4.79 Å². The van der Waals surface area contributed by atoms with Gasteiger partial charge in [-0.3, -0.25) is 4.90 Å². The quantitative estimate of drug-likeness (QED) is 0.597. The van der Waals surface area contributed by atoms with Gasteiger partial charge < -0.3 is 9.84 Å². The molecule has 0 aliphatic carbocycles. The smallest absolute Gasteiger partial charge is 0.356 e. The number of H-pyrrole nitrogens is 1. The zero-order chi connectivity index (χ0) is 9.00. The number of rotatable bonds is 1. The van der Waals surface area contributed by atoms with E-state index in [-0.39, 0.29) is 5.70 Å². The molecule has 1 aromatic heterocycles. The van der Waals surface area contributed by atoms with E-state index in [2.05, 4.69) is 21.7 Å². The molecule has 7 heteroatoms. The molecule has 3 heterocycles. The third-order valence-electron chi connectivity index (χ3n) is 1.98. The summed E-state index contributed by atoms with van der Waals surface area (Å²) in [7, 11) is 0. The van der Waals surface area contributed by atoms with Gasteiger partial charge in [-0.05, 0) is 0 Å². The lowest BCUT2D eigenvalue weighted by Crippen LogP contribution is -2.36. The van der Waals surface area contributed by atoms with Gasteiger partial charge in [-0.1, -0.05) is 5.21 Å². The van der Waals surface area contributed by atoms with Crippen molar-refractivity contribution in [3.63, 3.8) is 0 Å². The van der Waals surface area contributed by atoms with Crippen LogP contribution in [-0.2, 0) is 9.53 Å². The highest BCUT2D eigenvalue weighted by atomic mass is 16.5. The van der Waals surface area contributed by atoms with Crippen LogP contribution >= 0.6 is 0 Å². The Morgan fingerprint density at radius 3 is 3.38 bits per heavy atom. The second kappa shape index (κ2) is 1.82. The number of aliphatic carboxylic acids is 1. The summed E-state index contributed by atoms with van der Waals surface area (Å²) in [4.78, 5) is 12.1. The third kappa shape index (κ3) is 0.579. The molecule has 0 saturated carbocycles. The lowest BCUT2D eigenvalue weighted by Gasteiger charge is -2.31. The van der Waals surface area contributed by atoms with E-state index in [1.54, 1.807) is 0 Å². The molecule has 1 radical (unpaired) electrons. The first kappa shape index (κ1) is 6.46. The summed E-state index contributed by atoms with van der Waals surface area (Å²) < 4.78 is 4.95. The van der Waals surface area contributed by atoms with Crippen LogP contribution in [0.1, 0.15) is 11.9 Å². The highest BCUT2D eigenvalue weighted by Gasteiger charge is 2.48. The van der Waals surface area contributed by atoms with Gasteiger partial charge in [-0.2, -0.15) is 0 Å². The van der Waals surface area contributed by atoms with Crippen molar-refractivity contribution in [3.05, 3.63) is 17.7 Å². The molecule has 0 aromatic carbocycles. The number of nitrogens with one attached hydrogen (secondary N) is 1. The molecule has 0 fully saturated rings. The first-order valence-corrected chi connectivity index (χ1v) is 3.51. The molecule has 2 aliphatic rings. The Morgan fingerprint density at radius 1 is 1.77 bits per heavy atom. The number of carboxylic acid groups (broad SMARTS) is 1. The summed E-state index contributed by atoms with van der Waals surface area (Å²) in [5, 5.41) is 18.5. The molecule has 2 N–H and O–H groups in total. The van der Waals surface area contributed by atoms with Crippen molar-refractivity contribution < 1.29 is 14.6 Å². The summed E-state index contributed by atoms with van der Waals surface area (Å²) in [6.07, 6.45) is 1.85. The van der Waals surface area contributed by atoms with E-state index < -0.39 is 12.2 Å². The number of aromatic amines is 1. The first-order chi connectivity index (χ1) is 6.29. The number of anilines is 1. The predicted molar refractivity (Wildman–Crippen MR) is 37.1 cm³/mol. The van der Waals surface area contributed by atoms with Crippen molar-refractivity contribution in [1.82, 2.24) is 15.4 Å². The minimum atomic E-state index is -1.08. The molecule has 65 valence electrons.